The normalized spacial score (nSPS) is 23.6. The van der Waals surface area contributed by atoms with E-state index in [-0.39, 0.29) is 11.9 Å². The molecule has 0 saturated heterocycles. The molecule has 1 amide bonds. The lowest BCUT2D eigenvalue weighted by Crippen LogP contribution is -2.33. The van der Waals surface area contributed by atoms with Gasteiger partial charge in [0.05, 0.1) is 5.56 Å². The van der Waals surface area contributed by atoms with E-state index in [2.05, 4.69) is 16.6 Å². The first-order valence-electron chi connectivity index (χ1n) is 5.74. The molecule has 0 aliphatic heterocycles. The Morgan fingerprint density at radius 3 is 3.06 bits per heavy atom. The molecule has 92 valence electrons. The van der Waals surface area contributed by atoms with Crippen LogP contribution in [0.25, 0.3) is 0 Å². The van der Waals surface area contributed by atoms with Gasteiger partial charge in [-0.05, 0) is 31.6 Å². The highest BCUT2D eigenvalue weighted by Crippen LogP contribution is 2.28. The molecule has 1 aromatic rings. The molecule has 2 atom stereocenters. The zero-order valence-electron chi connectivity index (χ0n) is 9.85. The number of carbonyl (C=O) groups is 1. The monoisotopic (exact) mass is 251 g/mol. The van der Waals surface area contributed by atoms with Crippen LogP contribution in [0.2, 0.25) is 0 Å². The third kappa shape index (κ3) is 2.91. The lowest BCUT2D eigenvalue weighted by atomic mass is 10.2. The summed E-state index contributed by atoms with van der Waals surface area (Å²) in [5, 5.41) is 3.70. The van der Waals surface area contributed by atoms with Crippen molar-refractivity contribution in [1.29, 1.82) is 0 Å². The molecule has 1 aliphatic carbocycles. The maximum atomic E-state index is 12.0. The highest BCUT2D eigenvalue weighted by atomic mass is 32.2. The number of hydrogen-bond acceptors (Lipinski definition) is 4. The standard InChI is InChI=1S/C12H17N3OS/c1-17-9-3-2-8(6-9)15-12(16)10-7-14-5-4-11(10)13/h4-5,7-9H,2-3,6H2,1H3,(H2,13,14)(H,15,16). The third-order valence-electron chi connectivity index (χ3n) is 3.15. The molecule has 1 saturated carbocycles. The molecule has 0 aromatic carbocycles. The van der Waals surface area contributed by atoms with E-state index < -0.39 is 0 Å². The van der Waals surface area contributed by atoms with E-state index in [9.17, 15) is 4.79 Å². The highest BCUT2D eigenvalue weighted by molar-refractivity contribution is 7.99. The molecule has 17 heavy (non-hydrogen) atoms. The number of hydrogen-bond donors (Lipinski definition) is 2. The molecule has 2 rings (SSSR count). The van der Waals surface area contributed by atoms with Gasteiger partial charge in [0.2, 0.25) is 0 Å². The summed E-state index contributed by atoms with van der Waals surface area (Å²) < 4.78 is 0. The summed E-state index contributed by atoms with van der Waals surface area (Å²) in [7, 11) is 0. The van der Waals surface area contributed by atoms with Gasteiger partial charge in [0.1, 0.15) is 0 Å². The van der Waals surface area contributed by atoms with Crippen molar-refractivity contribution in [3.05, 3.63) is 24.0 Å². The summed E-state index contributed by atoms with van der Waals surface area (Å²) in [5.74, 6) is -0.109. The number of amides is 1. The van der Waals surface area contributed by atoms with Crippen LogP contribution in [0.15, 0.2) is 18.5 Å². The quantitative estimate of drug-likeness (QED) is 0.857. The van der Waals surface area contributed by atoms with Crippen molar-refractivity contribution in [2.24, 2.45) is 0 Å². The smallest absolute Gasteiger partial charge is 0.255 e. The number of carbonyl (C=O) groups excluding carboxylic acids is 1. The first-order valence-corrected chi connectivity index (χ1v) is 7.02. The van der Waals surface area contributed by atoms with Crippen molar-refractivity contribution < 1.29 is 4.79 Å². The average Bonchev–Trinajstić information content (AvgIpc) is 2.77. The maximum absolute atomic E-state index is 12.0. The summed E-state index contributed by atoms with van der Waals surface area (Å²) in [5.41, 5.74) is 6.70. The number of nitrogen functional groups attached to an aromatic ring is 1. The summed E-state index contributed by atoms with van der Waals surface area (Å²) in [6.07, 6.45) is 8.50. The fraction of sp³-hybridized carbons (Fsp3) is 0.500. The Labute approximate surface area is 105 Å². The maximum Gasteiger partial charge on any atom is 0.255 e. The fourth-order valence-corrected chi connectivity index (χ4v) is 2.94. The van der Waals surface area contributed by atoms with E-state index in [4.69, 9.17) is 5.73 Å². The molecule has 5 heteroatoms. The topological polar surface area (TPSA) is 68.0 Å². The first kappa shape index (κ1) is 12.2. The molecule has 1 aromatic heterocycles. The lowest BCUT2D eigenvalue weighted by Gasteiger charge is -2.13. The van der Waals surface area contributed by atoms with Gasteiger partial charge in [0.15, 0.2) is 0 Å². The van der Waals surface area contributed by atoms with Crippen LogP contribution in [0.4, 0.5) is 5.69 Å². The largest absolute Gasteiger partial charge is 0.398 e. The number of nitrogens with one attached hydrogen (secondary N) is 1. The Kier molecular flexibility index (Phi) is 3.89. The summed E-state index contributed by atoms with van der Waals surface area (Å²) in [4.78, 5) is 15.9. The van der Waals surface area contributed by atoms with E-state index >= 15 is 0 Å². The van der Waals surface area contributed by atoms with Gasteiger partial charge < -0.3 is 11.1 Å². The van der Waals surface area contributed by atoms with E-state index in [0.717, 1.165) is 12.8 Å². The van der Waals surface area contributed by atoms with Crippen molar-refractivity contribution in [2.75, 3.05) is 12.0 Å². The van der Waals surface area contributed by atoms with Crippen LogP contribution in [0.3, 0.4) is 0 Å². The van der Waals surface area contributed by atoms with Crippen molar-refractivity contribution in [3.8, 4) is 0 Å². The SMILES string of the molecule is CSC1CCC(NC(=O)c2cnccc2N)C1. The van der Waals surface area contributed by atoms with Crippen molar-refractivity contribution >= 4 is 23.4 Å². The van der Waals surface area contributed by atoms with E-state index in [1.807, 2.05) is 11.8 Å². The predicted octanol–water partition coefficient (Wildman–Crippen LogP) is 1.68. The Hall–Kier alpha value is -1.23. The van der Waals surface area contributed by atoms with Gasteiger partial charge >= 0.3 is 0 Å². The second-order valence-electron chi connectivity index (χ2n) is 4.30. The highest BCUT2D eigenvalue weighted by Gasteiger charge is 2.25. The number of pyridine rings is 1. The molecule has 2 unspecified atom stereocenters. The van der Waals surface area contributed by atoms with Crippen LogP contribution < -0.4 is 11.1 Å². The van der Waals surface area contributed by atoms with Gasteiger partial charge in [0.25, 0.3) is 5.91 Å². The molecular formula is C12H17N3OS. The number of anilines is 1. The zero-order valence-corrected chi connectivity index (χ0v) is 10.7. The fourth-order valence-electron chi connectivity index (χ4n) is 2.14. The number of aromatic nitrogens is 1. The van der Waals surface area contributed by atoms with Crippen LogP contribution in [0.5, 0.6) is 0 Å². The van der Waals surface area contributed by atoms with Crippen molar-refractivity contribution in [3.63, 3.8) is 0 Å². The van der Waals surface area contributed by atoms with Gasteiger partial charge in [-0.3, -0.25) is 9.78 Å². The van der Waals surface area contributed by atoms with Gasteiger partial charge in [-0.15, -0.1) is 0 Å². The van der Waals surface area contributed by atoms with Gasteiger partial charge in [-0.2, -0.15) is 11.8 Å². The van der Waals surface area contributed by atoms with E-state index in [0.29, 0.717) is 16.5 Å². The second kappa shape index (κ2) is 5.40. The molecule has 4 nitrogen and oxygen atoms in total. The van der Waals surface area contributed by atoms with E-state index in [1.165, 1.54) is 12.6 Å². The molecule has 1 heterocycles. The number of rotatable bonds is 3. The molecule has 0 bridgehead atoms. The molecule has 3 N–H and O–H groups in total. The molecule has 0 spiro atoms. The van der Waals surface area contributed by atoms with Crippen LogP contribution in [-0.2, 0) is 0 Å². The molecule has 1 fully saturated rings. The summed E-state index contributed by atoms with van der Waals surface area (Å²) >= 11 is 1.87. The predicted molar refractivity (Wildman–Crippen MR) is 71.1 cm³/mol. The second-order valence-corrected chi connectivity index (χ2v) is 5.44. The third-order valence-corrected chi connectivity index (χ3v) is 4.25. The number of thioether (sulfide) groups is 1. The van der Waals surface area contributed by atoms with Crippen molar-refractivity contribution in [1.82, 2.24) is 10.3 Å². The lowest BCUT2D eigenvalue weighted by molar-refractivity contribution is 0.0938. The number of nitrogens with zero attached hydrogens (tertiary/aromatic N) is 1. The van der Waals surface area contributed by atoms with Crippen molar-refractivity contribution in [2.45, 2.75) is 30.6 Å². The zero-order chi connectivity index (χ0) is 12.3. The Morgan fingerprint density at radius 2 is 2.41 bits per heavy atom. The van der Waals surface area contributed by atoms with Crippen LogP contribution in [-0.4, -0.2) is 28.4 Å². The molecule has 1 aliphatic rings. The first-order chi connectivity index (χ1) is 8.20. The van der Waals surface area contributed by atoms with Gasteiger partial charge in [-0.25, -0.2) is 0 Å². The number of nitrogens with two attached hydrogens (primary N) is 1. The Balaban J connectivity index is 1.96. The minimum atomic E-state index is -0.109. The van der Waals surface area contributed by atoms with Crippen LogP contribution >= 0.6 is 11.8 Å². The summed E-state index contributed by atoms with van der Waals surface area (Å²) in [6, 6.07) is 1.92. The minimum Gasteiger partial charge on any atom is -0.398 e. The Morgan fingerprint density at radius 1 is 1.59 bits per heavy atom. The Bertz CT molecular complexity index is 410. The average molecular weight is 251 g/mol. The van der Waals surface area contributed by atoms with Crippen LogP contribution in [0.1, 0.15) is 29.6 Å². The molecule has 0 radical (unpaired) electrons. The van der Waals surface area contributed by atoms with Gasteiger partial charge in [0, 0.05) is 29.4 Å². The minimum absolute atomic E-state index is 0.109. The van der Waals surface area contributed by atoms with Crippen LogP contribution in [0, 0.1) is 0 Å². The van der Waals surface area contributed by atoms with Gasteiger partial charge in [-0.1, -0.05) is 0 Å². The van der Waals surface area contributed by atoms with E-state index in [1.54, 1.807) is 12.3 Å². The molecular weight excluding hydrogens is 234 g/mol. The summed E-state index contributed by atoms with van der Waals surface area (Å²) in [6.45, 7) is 0.